The lowest BCUT2D eigenvalue weighted by atomic mass is 10.1. The largest absolute Gasteiger partial charge is 0.494 e. The van der Waals surface area contributed by atoms with Crippen molar-refractivity contribution in [3.05, 3.63) is 88.2 Å². The Bertz CT molecular complexity index is 1310. The standard InChI is InChI=1S/C27H24Cl2FN3O3S/c1-2-36-22-11-9-21(10-12-22)33-26(35)24(16-25(34)31-20-7-5-19(30)6-8-20)32(27(33)37)14-13-17-3-4-18(28)15-23(17)29/h3-12,15,24H,2,13-14,16H2,1H3,(H,31,34)/t24-/m0/s1. The van der Waals surface area contributed by atoms with Crippen LogP contribution in [0.5, 0.6) is 5.75 Å². The van der Waals surface area contributed by atoms with Crippen molar-refractivity contribution in [1.29, 1.82) is 0 Å². The Hall–Kier alpha value is -3.20. The van der Waals surface area contributed by atoms with Crippen LogP contribution in [0.4, 0.5) is 15.8 Å². The van der Waals surface area contributed by atoms with E-state index in [2.05, 4.69) is 5.32 Å². The number of hydrogen-bond acceptors (Lipinski definition) is 4. The van der Waals surface area contributed by atoms with Crippen molar-refractivity contribution in [2.75, 3.05) is 23.4 Å². The Balaban J connectivity index is 1.56. The summed E-state index contributed by atoms with van der Waals surface area (Å²) in [5.41, 5.74) is 1.85. The number of nitrogens with zero attached hydrogens (tertiary/aromatic N) is 2. The number of benzene rings is 3. The van der Waals surface area contributed by atoms with E-state index < -0.39 is 17.8 Å². The van der Waals surface area contributed by atoms with Crippen LogP contribution in [0.15, 0.2) is 66.7 Å². The van der Waals surface area contributed by atoms with Gasteiger partial charge >= 0.3 is 0 Å². The lowest BCUT2D eigenvalue weighted by molar-refractivity contribution is -0.124. The first kappa shape index (κ1) is 26.9. The van der Waals surface area contributed by atoms with Gasteiger partial charge in [0, 0.05) is 22.3 Å². The maximum Gasteiger partial charge on any atom is 0.256 e. The molecule has 0 aliphatic carbocycles. The van der Waals surface area contributed by atoms with Gasteiger partial charge in [0.1, 0.15) is 17.6 Å². The van der Waals surface area contributed by atoms with Crippen molar-refractivity contribution < 1.29 is 18.7 Å². The number of carbonyl (C=O) groups excluding carboxylic acids is 2. The van der Waals surface area contributed by atoms with Gasteiger partial charge in [0.05, 0.1) is 18.7 Å². The lowest BCUT2D eigenvalue weighted by Crippen LogP contribution is -2.39. The first-order chi connectivity index (χ1) is 17.8. The van der Waals surface area contributed by atoms with Gasteiger partial charge in [0.15, 0.2) is 5.11 Å². The Morgan fingerprint density at radius 2 is 1.78 bits per heavy atom. The first-order valence-corrected chi connectivity index (χ1v) is 12.8. The summed E-state index contributed by atoms with van der Waals surface area (Å²) < 4.78 is 18.7. The molecule has 1 heterocycles. The second kappa shape index (κ2) is 11.9. The maximum absolute atomic E-state index is 13.6. The van der Waals surface area contributed by atoms with Gasteiger partial charge in [-0.05, 0) is 91.8 Å². The Morgan fingerprint density at radius 1 is 1.08 bits per heavy atom. The molecule has 3 aromatic rings. The highest BCUT2D eigenvalue weighted by molar-refractivity contribution is 7.80. The van der Waals surface area contributed by atoms with Crippen LogP contribution < -0.4 is 15.0 Å². The van der Waals surface area contributed by atoms with E-state index in [4.69, 9.17) is 40.2 Å². The van der Waals surface area contributed by atoms with Crippen molar-refractivity contribution in [3.8, 4) is 5.75 Å². The maximum atomic E-state index is 13.6. The molecule has 3 aromatic carbocycles. The molecule has 6 nitrogen and oxygen atoms in total. The second-order valence-electron chi connectivity index (χ2n) is 8.34. The summed E-state index contributed by atoms with van der Waals surface area (Å²) in [4.78, 5) is 29.6. The molecule has 1 atom stereocenters. The number of carbonyl (C=O) groups is 2. The van der Waals surface area contributed by atoms with E-state index in [-0.39, 0.29) is 12.3 Å². The molecule has 0 aromatic heterocycles. The summed E-state index contributed by atoms with van der Waals surface area (Å²) >= 11 is 18.1. The number of ether oxygens (including phenoxy) is 1. The number of nitrogens with one attached hydrogen (secondary N) is 1. The van der Waals surface area contributed by atoms with Crippen LogP contribution in [-0.2, 0) is 16.0 Å². The smallest absolute Gasteiger partial charge is 0.256 e. The zero-order valence-electron chi connectivity index (χ0n) is 19.9. The Labute approximate surface area is 229 Å². The summed E-state index contributed by atoms with van der Waals surface area (Å²) in [6.07, 6.45) is 0.342. The SMILES string of the molecule is CCOc1ccc(N2C(=O)[C@H](CC(=O)Nc3ccc(F)cc3)N(CCc3ccc(Cl)cc3Cl)C2=S)cc1. The topological polar surface area (TPSA) is 61.9 Å². The molecule has 10 heteroatoms. The minimum absolute atomic E-state index is 0.141. The molecule has 0 bridgehead atoms. The molecular weight excluding hydrogens is 536 g/mol. The molecule has 0 saturated carbocycles. The van der Waals surface area contributed by atoms with E-state index in [1.54, 1.807) is 41.3 Å². The predicted octanol–water partition coefficient (Wildman–Crippen LogP) is 6.10. The van der Waals surface area contributed by atoms with Crippen molar-refractivity contribution in [1.82, 2.24) is 4.90 Å². The highest BCUT2D eigenvalue weighted by atomic mass is 35.5. The van der Waals surface area contributed by atoms with Gasteiger partial charge < -0.3 is 15.0 Å². The number of thiocarbonyl (C=S) groups is 1. The number of rotatable bonds is 9. The third kappa shape index (κ3) is 6.39. The van der Waals surface area contributed by atoms with Crippen LogP contribution in [0.25, 0.3) is 0 Å². The van der Waals surface area contributed by atoms with Gasteiger partial charge in [0.25, 0.3) is 5.91 Å². The molecule has 0 unspecified atom stereocenters. The lowest BCUT2D eigenvalue weighted by Gasteiger charge is -2.24. The van der Waals surface area contributed by atoms with E-state index >= 15 is 0 Å². The van der Waals surface area contributed by atoms with Crippen LogP contribution >= 0.6 is 35.4 Å². The molecule has 4 rings (SSSR count). The molecule has 1 aliphatic heterocycles. The molecule has 1 aliphatic rings. The Kier molecular flexibility index (Phi) is 8.63. The first-order valence-electron chi connectivity index (χ1n) is 11.6. The molecule has 1 N–H and O–H groups in total. The molecule has 2 amide bonds. The number of anilines is 2. The fraction of sp³-hybridized carbons (Fsp3) is 0.222. The third-order valence-corrected chi connectivity index (χ3v) is 6.87. The van der Waals surface area contributed by atoms with Crippen molar-refractivity contribution in [2.45, 2.75) is 25.8 Å². The van der Waals surface area contributed by atoms with Gasteiger partial charge in [-0.25, -0.2) is 4.39 Å². The summed E-state index contributed by atoms with van der Waals surface area (Å²) in [5, 5.41) is 4.05. The molecule has 192 valence electrons. The zero-order valence-corrected chi connectivity index (χ0v) is 22.2. The van der Waals surface area contributed by atoms with Crippen molar-refractivity contribution in [3.63, 3.8) is 0 Å². The van der Waals surface area contributed by atoms with Crippen LogP contribution in [0, 0.1) is 5.82 Å². The average Bonchev–Trinajstić information content (AvgIpc) is 3.09. The quantitative estimate of drug-likeness (QED) is 0.321. The van der Waals surface area contributed by atoms with Crippen molar-refractivity contribution in [2.24, 2.45) is 0 Å². The van der Waals surface area contributed by atoms with Gasteiger partial charge in [-0.3, -0.25) is 14.5 Å². The van der Waals surface area contributed by atoms with Crippen LogP contribution in [-0.4, -0.2) is 41.0 Å². The monoisotopic (exact) mass is 559 g/mol. The minimum atomic E-state index is -0.828. The van der Waals surface area contributed by atoms with Gasteiger partial charge in [-0.1, -0.05) is 29.3 Å². The zero-order chi connectivity index (χ0) is 26.5. The van der Waals surface area contributed by atoms with Crippen LogP contribution in [0.1, 0.15) is 18.9 Å². The molecule has 37 heavy (non-hydrogen) atoms. The highest BCUT2D eigenvalue weighted by Crippen LogP contribution is 2.30. The molecule has 1 saturated heterocycles. The molecule has 0 spiro atoms. The molecule has 0 radical (unpaired) electrons. The second-order valence-corrected chi connectivity index (χ2v) is 9.55. The number of halogens is 3. The molecular formula is C27H24Cl2FN3O3S. The fourth-order valence-electron chi connectivity index (χ4n) is 4.07. The minimum Gasteiger partial charge on any atom is -0.494 e. The third-order valence-electron chi connectivity index (χ3n) is 5.87. The predicted molar refractivity (Wildman–Crippen MR) is 148 cm³/mol. The van der Waals surface area contributed by atoms with Gasteiger partial charge in [-0.2, -0.15) is 0 Å². The Morgan fingerprint density at radius 3 is 2.43 bits per heavy atom. The van der Waals surface area contributed by atoms with E-state index in [0.717, 1.165) is 5.56 Å². The van der Waals surface area contributed by atoms with Crippen LogP contribution in [0.2, 0.25) is 10.0 Å². The van der Waals surface area contributed by atoms with E-state index in [0.29, 0.717) is 51.9 Å². The van der Waals surface area contributed by atoms with Gasteiger partial charge in [-0.15, -0.1) is 0 Å². The summed E-state index contributed by atoms with van der Waals surface area (Å²) in [6.45, 7) is 2.76. The van der Waals surface area contributed by atoms with Crippen LogP contribution in [0.3, 0.4) is 0 Å². The number of amides is 2. The fourth-order valence-corrected chi connectivity index (χ4v) is 4.99. The summed E-state index contributed by atoms with van der Waals surface area (Å²) in [6, 6.07) is 16.9. The number of hydrogen-bond donors (Lipinski definition) is 1. The van der Waals surface area contributed by atoms with Crippen molar-refractivity contribution >= 4 is 63.7 Å². The van der Waals surface area contributed by atoms with E-state index in [1.807, 2.05) is 13.0 Å². The molecule has 1 fully saturated rings. The summed E-state index contributed by atoms with van der Waals surface area (Å²) in [5.74, 6) is -0.443. The average molecular weight is 560 g/mol. The van der Waals surface area contributed by atoms with E-state index in [1.165, 1.54) is 29.2 Å². The van der Waals surface area contributed by atoms with Gasteiger partial charge in [0.2, 0.25) is 5.91 Å². The van der Waals surface area contributed by atoms with E-state index in [9.17, 15) is 14.0 Å². The highest BCUT2D eigenvalue weighted by Gasteiger charge is 2.44. The normalized spacial score (nSPS) is 15.3. The summed E-state index contributed by atoms with van der Waals surface area (Å²) in [7, 11) is 0.